The summed E-state index contributed by atoms with van der Waals surface area (Å²) in [4.78, 5) is 19.7. The molecule has 1 fully saturated rings. The third-order valence-corrected chi connectivity index (χ3v) is 5.27. The quantitative estimate of drug-likeness (QED) is 0.471. The first-order chi connectivity index (χ1) is 15.7. The summed E-state index contributed by atoms with van der Waals surface area (Å²) in [5.74, 6) is 0.743. The zero-order chi connectivity index (χ0) is 22.1. The Hall–Kier alpha value is -3.66. The molecule has 0 saturated carbocycles. The van der Waals surface area contributed by atoms with Gasteiger partial charge >= 0.3 is 0 Å². The Morgan fingerprint density at radius 3 is 2.62 bits per heavy atom. The Morgan fingerprint density at radius 1 is 1.06 bits per heavy atom. The molecule has 0 radical (unpaired) electrons. The van der Waals surface area contributed by atoms with Crippen LogP contribution in [-0.4, -0.2) is 57.9 Å². The highest BCUT2D eigenvalue weighted by Crippen LogP contribution is 2.33. The lowest BCUT2D eigenvalue weighted by Crippen LogP contribution is -2.37. The lowest BCUT2D eigenvalue weighted by molar-refractivity contribution is 0.122. The predicted molar refractivity (Wildman–Crippen MR) is 114 cm³/mol. The Morgan fingerprint density at radius 2 is 1.91 bits per heavy atom. The maximum atomic E-state index is 14.1. The third-order valence-electron chi connectivity index (χ3n) is 5.27. The van der Waals surface area contributed by atoms with Gasteiger partial charge in [0.25, 0.3) is 6.43 Å². The first-order valence-electron chi connectivity index (χ1n) is 10.1. The van der Waals surface area contributed by atoms with Crippen molar-refractivity contribution >= 4 is 17.0 Å². The molecular formula is C22H20F2N6O2. The Labute approximate surface area is 182 Å². The van der Waals surface area contributed by atoms with E-state index in [0.717, 1.165) is 5.56 Å². The van der Waals surface area contributed by atoms with Gasteiger partial charge in [-0.1, -0.05) is 6.07 Å². The van der Waals surface area contributed by atoms with E-state index in [1.807, 2.05) is 11.0 Å². The molecule has 0 bridgehead atoms. The van der Waals surface area contributed by atoms with Crippen LogP contribution in [0.1, 0.15) is 12.2 Å². The van der Waals surface area contributed by atoms with Crippen molar-refractivity contribution in [3.8, 4) is 22.8 Å². The number of halogens is 2. The average Bonchev–Trinajstić information content (AvgIpc) is 3.25. The zero-order valence-electron chi connectivity index (χ0n) is 17.3. The minimum absolute atomic E-state index is 0.298. The van der Waals surface area contributed by atoms with Gasteiger partial charge in [0, 0.05) is 37.1 Å². The second kappa shape index (κ2) is 8.46. The normalized spacial score (nSPS) is 14.3. The van der Waals surface area contributed by atoms with Crippen LogP contribution in [0, 0.1) is 0 Å². The van der Waals surface area contributed by atoms with Crippen LogP contribution in [0.2, 0.25) is 0 Å². The van der Waals surface area contributed by atoms with Gasteiger partial charge in [-0.15, -0.1) is 0 Å². The molecule has 0 spiro atoms. The molecule has 32 heavy (non-hydrogen) atoms. The fourth-order valence-electron chi connectivity index (χ4n) is 3.75. The van der Waals surface area contributed by atoms with Crippen molar-refractivity contribution in [3.63, 3.8) is 0 Å². The van der Waals surface area contributed by atoms with Crippen molar-refractivity contribution in [2.24, 2.45) is 0 Å². The number of pyridine rings is 1. The standard InChI is InChI=1S/C22H20F2N6O2/c1-31-17-6-2-5-16-19(17)28-21(20(23)24)30(16)18-12-15(14-4-3-7-25-13-14)26-22(27-18)29-8-10-32-11-9-29/h2-7,12-13,20H,8-11H2,1H3. The highest BCUT2D eigenvalue weighted by molar-refractivity contribution is 5.84. The number of hydrogen-bond donors (Lipinski definition) is 0. The number of morpholine rings is 1. The summed E-state index contributed by atoms with van der Waals surface area (Å²) in [5, 5.41) is 0. The van der Waals surface area contributed by atoms with Crippen LogP contribution in [0.25, 0.3) is 28.1 Å². The molecule has 0 N–H and O–H groups in total. The summed E-state index contributed by atoms with van der Waals surface area (Å²) in [7, 11) is 1.48. The van der Waals surface area contributed by atoms with E-state index in [2.05, 4.69) is 15.0 Å². The van der Waals surface area contributed by atoms with Crippen LogP contribution < -0.4 is 9.64 Å². The van der Waals surface area contributed by atoms with Gasteiger partial charge in [0.05, 0.1) is 31.5 Å². The van der Waals surface area contributed by atoms with Crippen LogP contribution in [0.4, 0.5) is 14.7 Å². The number of alkyl halides is 2. The van der Waals surface area contributed by atoms with Crippen molar-refractivity contribution in [2.45, 2.75) is 6.43 Å². The fourth-order valence-corrected chi connectivity index (χ4v) is 3.75. The summed E-state index contributed by atoms with van der Waals surface area (Å²) < 4.78 is 40.3. The van der Waals surface area contributed by atoms with Gasteiger partial charge in [0.2, 0.25) is 5.95 Å². The topological polar surface area (TPSA) is 78.2 Å². The predicted octanol–water partition coefficient (Wildman–Crippen LogP) is 3.66. The van der Waals surface area contributed by atoms with Crippen molar-refractivity contribution in [2.75, 3.05) is 38.3 Å². The van der Waals surface area contributed by atoms with E-state index in [4.69, 9.17) is 14.5 Å². The Kier molecular flexibility index (Phi) is 5.36. The van der Waals surface area contributed by atoms with E-state index in [1.54, 1.807) is 42.7 Å². The lowest BCUT2D eigenvalue weighted by Gasteiger charge is -2.27. The number of ether oxygens (including phenoxy) is 2. The molecule has 8 nitrogen and oxygen atoms in total. The van der Waals surface area contributed by atoms with E-state index < -0.39 is 12.2 Å². The second-order valence-electron chi connectivity index (χ2n) is 7.19. The van der Waals surface area contributed by atoms with Gasteiger partial charge in [-0.2, -0.15) is 4.98 Å². The second-order valence-corrected chi connectivity index (χ2v) is 7.19. The van der Waals surface area contributed by atoms with E-state index in [-0.39, 0.29) is 0 Å². The average molecular weight is 438 g/mol. The number of methoxy groups -OCH3 is 1. The van der Waals surface area contributed by atoms with E-state index in [9.17, 15) is 8.78 Å². The number of anilines is 1. The molecule has 5 rings (SSSR count). The van der Waals surface area contributed by atoms with Crippen molar-refractivity contribution in [1.29, 1.82) is 0 Å². The van der Waals surface area contributed by atoms with Crippen LogP contribution >= 0.6 is 0 Å². The number of para-hydroxylation sites is 1. The number of rotatable bonds is 5. The zero-order valence-corrected chi connectivity index (χ0v) is 17.3. The smallest absolute Gasteiger partial charge is 0.296 e. The Balaban J connectivity index is 1.76. The summed E-state index contributed by atoms with van der Waals surface area (Å²) >= 11 is 0. The van der Waals surface area contributed by atoms with E-state index >= 15 is 0 Å². The van der Waals surface area contributed by atoms with Gasteiger partial charge in [-0.25, -0.2) is 18.7 Å². The van der Waals surface area contributed by atoms with Crippen LogP contribution in [-0.2, 0) is 4.74 Å². The number of nitrogens with zero attached hydrogens (tertiary/aromatic N) is 6. The van der Waals surface area contributed by atoms with Gasteiger partial charge in [0.15, 0.2) is 5.82 Å². The summed E-state index contributed by atoms with van der Waals surface area (Å²) in [6, 6.07) is 10.5. The maximum absolute atomic E-state index is 14.1. The molecule has 4 heterocycles. The number of benzene rings is 1. The molecule has 0 aliphatic carbocycles. The minimum atomic E-state index is -2.81. The van der Waals surface area contributed by atoms with Crippen molar-refractivity contribution < 1.29 is 18.3 Å². The van der Waals surface area contributed by atoms with Gasteiger partial charge in [-0.05, 0) is 24.3 Å². The molecule has 1 aliphatic heterocycles. The summed E-state index contributed by atoms with van der Waals surface area (Å²) in [5.41, 5.74) is 2.16. The van der Waals surface area contributed by atoms with Crippen LogP contribution in [0.5, 0.6) is 5.75 Å². The Bertz CT molecular complexity index is 1240. The fraction of sp³-hybridized carbons (Fsp3) is 0.273. The van der Waals surface area contributed by atoms with Crippen molar-refractivity contribution in [3.05, 3.63) is 54.6 Å². The summed E-state index contributed by atoms with van der Waals surface area (Å²) in [6.07, 6.45) is 0.535. The molecule has 1 aromatic carbocycles. The molecule has 0 unspecified atom stereocenters. The highest BCUT2D eigenvalue weighted by atomic mass is 19.3. The van der Waals surface area contributed by atoms with Crippen LogP contribution in [0.15, 0.2) is 48.8 Å². The largest absolute Gasteiger partial charge is 0.494 e. The van der Waals surface area contributed by atoms with E-state index in [1.165, 1.54) is 11.7 Å². The number of fused-ring (bicyclic) bond motifs is 1. The molecule has 164 valence electrons. The monoisotopic (exact) mass is 438 g/mol. The molecule has 10 heteroatoms. The molecule has 1 aliphatic rings. The maximum Gasteiger partial charge on any atom is 0.296 e. The molecule has 1 saturated heterocycles. The molecule has 0 amide bonds. The lowest BCUT2D eigenvalue weighted by atomic mass is 10.2. The van der Waals surface area contributed by atoms with Gasteiger partial charge < -0.3 is 14.4 Å². The number of imidazole rings is 1. The summed E-state index contributed by atoms with van der Waals surface area (Å²) in [6.45, 7) is 2.30. The number of aromatic nitrogens is 5. The minimum Gasteiger partial charge on any atom is -0.494 e. The first kappa shape index (κ1) is 20.3. The van der Waals surface area contributed by atoms with Crippen LogP contribution in [0.3, 0.4) is 0 Å². The van der Waals surface area contributed by atoms with Gasteiger partial charge in [0.1, 0.15) is 17.1 Å². The molecule has 3 aromatic heterocycles. The molecule has 4 aromatic rings. The molecule has 0 atom stereocenters. The molecular weight excluding hydrogens is 418 g/mol. The highest BCUT2D eigenvalue weighted by Gasteiger charge is 2.25. The van der Waals surface area contributed by atoms with Crippen molar-refractivity contribution in [1.82, 2.24) is 24.5 Å². The SMILES string of the molecule is COc1cccc2c1nc(C(F)F)n2-c1cc(-c2cccnc2)nc(N2CCOCC2)n1. The first-order valence-corrected chi connectivity index (χ1v) is 10.1. The van der Waals surface area contributed by atoms with E-state index in [0.29, 0.717) is 60.5 Å². The number of hydrogen-bond acceptors (Lipinski definition) is 7. The third kappa shape index (κ3) is 3.62. The van der Waals surface area contributed by atoms with Gasteiger partial charge in [-0.3, -0.25) is 9.55 Å².